The molecular weight excluding hydrogens is 388 g/mol. The Hall–Kier alpha value is -2.12. The van der Waals surface area contributed by atoms with Crippen molar-refractivity contribution in [3.05, 3.63) is 30.3 Å². The normalized spacial score (nSPS) is 14.5. The van der Waals surface area contributed by atoms with Gasteiger partial charge in [-0.15, -0.1) is 0 Å². The van der Waals surface area contributed by atoms with E-state index in [9.17, 15) is 9.59 Å². The van der Waals surface area contributed by atoms with Crippen LogP contribution in [0.4, 0.5) is 0 Å². The zero-order chi connectivity index (χ0) is 22.6. The molecule has 7 nitrogen and oxygen atoms in total. The molecule has 0 saturated carbocycles. The van der Waals surface area contributed by atoms with Gasteiger partial charge in [-0.25, -0.2) is 0 Å². The zero-order valence-electron chi connectivity index (χ0n) is 19.0. The first-order valence-electron chi connectivity index (χ1n) is 10.4. The Morgan fingerprint density at radius 2 is 1.67 bits per heavy atom. The number of para-hydroxylation sites is 1. The van der Waals surface area contributed by atoms with Crippen LogP contribution in [0.5, 0.6) is 5.75 Å². The maximum absolute atomic E-state index is 12.3. The quantitative estimate of drug-likeness (QED) is 0.444. The van der Waals surface area contributed by atoms with Crippen LogP contribution in [0.3, 0.4) is 0 Å². The highest BCUT2D eigenvalue weighted by Crippen LogP contribution is 2.19. The van der Waals surface area contributed by atoms with Gasteiger partial charge in [0.1, 0.15) is 23.6 Å². The van der Waals surface area contributed by atoms with E-state index in [0.29, 0.717) is 12.4 Å². The molecule has 3 atom stereocenters. The van der Waals surface area contributed by atoms with Crippen LogP contribution >= 0.6 is 0 Å². The molecule has 170 valence electrons. The molecule has 0 aromatic heterocycles. The standard InChI is InChI=1S/C23H36O7/c1-7-15-27-19(16-26-6)22(29-18-11-9-8-10-12-18)17(2)28-20(24)13-14-21(25)30-23(3,4)5/h8-12,17,19,22H,7,13-16H2,1-6H3/t17-,19-,22-/m0/s1. The van der Waals surface area contributed by atoms with Crippen molar-refractivity contribution in [3.8, 4) is 5.75 Å². The first kappa shape index (κ1) is 25.9. The maximum atomic E-state index is 12.3. The summed E-state index contributed by atoms with van der Waals surface area (Å²) in [6.07, 6.45) is -0.896. The summed E-state index contributed by atoms with van der Waals surface area (Å²) in [7, 11) is 1.58. The van der Waals surface area contributed by atoms with Gasteiger partial charge in [0.15, 0.2) is 6.10 Å². The first-order chi connectivity index (χ1) is 14.2. The topological polar surface area (TPSA) is 80.3 Å². The van der Waals surface area contributed by atoms with Crippen LogP contribution in [0.25, 0.3) is 0 Å². The molecule has 0 unspecified atom stereocenters. The second kappa shape index (κ2) is 13.2. The lowest BCUT2D eigenvalue weighted by Gasteiger charge is -2.31. The molecule has 7 heteroatoms. The number of carbonyl (C=O) groups excluding carboxylic acids is 2. The largest absolute Gasteiger partial charge is 0.484 e. The summed E-state index contributed by atoms with van der Waals surface area (Å²) in [5.74, 6) is -0.297. The van der Waals surface area contributed by atoms with Crippen LogP contribution in [0.1, 0.15) is 53.9 Å². The van der Waals surface area contributed by atoms with Gasteiger partial charge in [-0.2, -0.15) is 0 Å². The molecule has 0 saturated heterocycles. The van der Waals surface area contributed by atoms with Gasteiger partial charge in [-0.05, 0) is 46.2 Å². The van der Waals surface area contributed by atoms with Crippen molar-refractivity contribution in [1.82, 2.24) is 0 Å². The molecule has 0 bridgehead atoms. The minimum absolute atomic E-state index is 0.0408. The first-order valence-corrected chi connectivity index (χ1v) is 10.4. The van der Waals surface area contributed by atoms with Crippen LogP contribution in [0.15, 0.2) is 30.3 Å². The van der Waals surface area contributed by atoms with Crippen molar-refractivity contribution in [2.24, 2.45) is 0 Å². The lowest BCUT2D eigenvalue weighted by atomic mass is 10.1. The number of esters is 2. The molecule has 1 aromatic carbocycles. The SMILES string of the molecule is CCCO[C@@H](COC)[C@@H](Oc1ccccc1)[C@H](C)OC(=O)CCC(=O)OC(C)(C)C. The average Bonchev–Trinajstić information content (AvgIpc) is 2.67. The molecule has 0 amide bonds. The highest BCUT2D eigenvalue weighted by Gasteiger charge is 2.32. The monoisotopic (exact) mass is 424 g/mol. The molecule has 1 aromatic rings. The summed E-state index contributed by atoms with van der Waals surface area (Å²) >= 11 is 0. The summed E-state index contributed by atoms with van der Waals surface area (Å²) in [4.78, 5) is 24.2. The number of hydrogen-bond donors (Lipinski definition) is 0. The van der Waals surface area contributed by atoms with E-state index in [0.717, 1.165) is 6.42 Å². The summed E-state index contributed by atoms with van der Waals surface area (Å²) in [5.41, 5.74) is -0.590. The van der Waals surface area contributed by atoms with Crippen molar-refractivity contribution in [1.29, 1.82) is 0 Å². The predicted octanol–water partition coefficient (Wildman–Crippen LogP) is 3.93. The lowest BCUT2D eigenvalue weighted by Crippen LogP contribution is -2.46. The third-order valence-electron chi connectivity index (χ3n) is 3.98. The van der Waals surface area contributed by atoms with Gasteiger partial charge in [0, 0.05) is 13.7 Å². The molecule has 30 heavy (non-hydrogen) atoms. The molecule has 0 spiro atoms. The fourth-order valence-corrected chi connectivity index (χ4v) is 2.73. The third kappa shape index (κ3) is 10.6. The minimum Gasteiger partial charge on any atom is -0.484 e. The maximum Gasteiger partial charge on any atom is 0.306 e. The van der Waals surface area contributed by atoms with Crippen LogP contribution in [-0.2, 0) is 28.5 Å². The highest BCUT2D eigenvalue weighted by molar-refractivity contribution is 5.77. The van der Waals surface area contributed by atoms with E-state index in [4.69, 9.17) is 23.7 Å². The Bertz CT molecular complexity index is 624. The molecule has 0 aliphatic carbocycles. The lowest BCUT2D eigenvalue weighted by molar-refractivity contribution is -0.165. The van der Waals surface area contributed by atoms with Crippen molar-refractivity contribution < 1.29 is 33.3 Å². The Morgan fingerprint density at radius 3 is 2.23 bits per heavy atom. The van der Waals surface area contributed by atoms with Gasteiger partial charge in [0.05, 0.1) is 19.4 Å². The Balaban J connectivity index is 2.78. The van der Waals surface area contributed by atoms with Crippen molar-refractivity contribution >= 4 is 11.9 Å². The van der Waals surface area contributed by atoms with E-state index in [-0.39, 0.29) is 19.4 Å². The molecule has 0 aliphatic rings. The number of hydrogen-bond acceptors (Lipinski definition) is 7. The van der Waals surface area contributed by atoms with Crippen LogP contribution in [-0.4, -0.2) is 56.2 Å². The number of methoxy groups -OCH3 is 1. The summed E-state index contributed by atoms with van der Waals surface area (Å²) in [6.45, 7) is 9.92. The van der Waals surface area contributed by atoms with E-state index < -0.39 is 35.9 Å². The second-order valence-corrected chi connectivity index (χ2v) is 8.04. The summed E-state index contributed by atoms with van der Waals surface area (Å²) in [6, 6.07) is 9.27. The van der Waals surface area contributed by atoms with Gasteiger partial charge in [0.2, 0.25) is 0 Å². The Labute approximate surface area is 180 Å². The van der Waals surface area contributed by atoms with E-state index in [1.165, 1.54) is 0 Å². The van der Waals surface area contributed by atoms with Crippen LogP contribution in [0, 0.1) is 0 Å². The average molecular weight is 425 g/mol. The van der Waals surface area contributed by atoms with Gasteiger partial charge >= 0.3 is 11.9 Å². The van der Waals surface area contributed by atoms with E-state index >= 15 is 0 Å². The van der Waals surface area contributed by atoms with Gasteiger partial charge in [-0.3, -0.25) is 9.59 Å². The molecule has 0 fully saturated rings. The Kier molecular flexibility index (Phi) is 11.4. The highest BCUT2D eigenvalue weighted by atomic mass is 16.6. The van der Waals surface area contributed by atoms with Crippen LogP contribution < -0.4 is 4.74 Å². The molecule has 0 N–H and O–H groups in total. The van der Waals surface area contributed by atoms with Gasteiger partial charge in [-0.1, -0.05) is 25.1 Å². The van der Waals surface area contributed by atoms with Crippen molar-refractivity contribution in [3.63, 3.8) is 0 Å². The summed E-state index contributed by atoms with van der Waals surface area (Å²) < 4.78 is 28.1. The van der Waals surface area contributed by atoms with E-state index in [2.05, 4.69) is 0 Å². The molecule has 0 radical (unpaired) electrons. The van der Waals surface area contributed by atoms with E-state index in [1.807, 2.05) is 37.3 Å². The number of benzene rings is 1. The third-order valence-corrected chi connectivity index (χ3v) is 3.98. The molecule has 0 aliphatic heterocycles. The van der Waals surface area contributed by atoms with Gasteiger partial charge in [0.25, 0.3) is 0 Å². The number of ether oxygens (including phenoxy) is 5. The smallest absolute Gasteiger partial charge is 0.306 e. The molecule has 0 heterocycles. The molecule has 1 rings (SSSR count). The number of rotatable bonds is 13. The van der Waals surface area contributed by atoms with Crippen molar-refractivity contribution in [2.75, 3.05) is 20.3 Å². The van der Waals surface area contributed by atoms with Crippen LogP contribution in [0.2, 0.25) is 0 Å². The van der Waals surface area contributed by atoms with Gasteiger partial charge < -0.3 is 23.7 Å². The second-order valence-electron chi connectivity index (χ2n) is 8.04. The minimum atomic E-state index is -0.617. The zero-order valence-corrected chi connectivity index (χ0v) is 19.0. The Morgan fingerprint density at radius 1 is 1.03 bits per heavy atom. The fourth-order valence-electron chi connectivity index (χ4n) is 2.73. The number of carbonyl (C=O) groups is 2. The molecular formula is C23H36O7. The van der Waals surface area contributed by atoms with E-state index in [1.54, 1.807) is 34.8 Å². The summed E-state index contributed by atoms with van der Waals surface area (Å²) in [5, 5.41) is 0. The predicted molar refractivity (Wildman–Crippen MR) is 113 cm³/mol. The van der Waals surface area contributed by atoms with Crippen molar-refractivity contribution in [2.45, 2.75) is 77.8 Å². The fraction of sp³-hybridized carbons (Fsp3) is 0.652.